The summed E-state index contributed by atoms with van der Waals surface area (Å²) in [5, 5.41) is 6.96. The Morgan fingerprint density at radius 2 is 1.89 bits per heavy atom. The number of hydrogen-bond acceptors (Lipinski definition) is 5. The van der Waals surface area contributed by atoms with Gasteiger partial charge >= 0.3 is 0 Å². The summed E-state index contributed by atoms with van der Waals surface area (Å²) in [4.78, 5) is 4.83. The molecule has 5 nitrogen and oxygen atoms in total. The van der Waals surface area contributed by atoms with Crippen LogP contribution in [0.2, 0.25) is 0 Å². The maximum absolute atomic E-state index is 5.40. The van der Waals surface area contributed by atoms with Crippen LogP contribution < -0.4 is 10.7 Å². The van der Waals surface area contributed by atoms with Crippen LogP contribution in [0.15, 0.2) is 54.6 Å². The fourth-order valence-electron chi connectivity index (χ4n) is 4.02. The van der Waals surface area contributed by atoms with Gasteiger partial charge in [0.1, 0.15) is 5.82 Å². The van der Waals surface area contributed by atoms with E-state index >= 15 is 0 Å². The zero-order chi connectivity index (χ0) is 18.1. The third-order valence-corrected chi connectivity index (χ3v) is 5.44. The quantitative estimate of drug-likeness (QED) is 0.737. The minimum Gasteiger partial charge on any atom is -0.379 e. The predicted octanol–water partition coefficient (Wildman–Crippen LogP) is 3.99. The molecule has 5 heteroatoms. The van der Waals surface area contributed by atoms with Crippen LogP contribution in [0.25, 0.3) is 10.9 Å². The number of rotatable bonds is 4. The normalized spacial score (nSPS) is 19.8. The van der Waals surface area contributed by atoms with Crippen molar-refractivity contribution >= 4 is 22.4 Å². The lowest BCUT2D eigenvalue weighted by molar-refractivity contribution is 0.0497. The van der Waals surface area contributed by atoms with Gasteiger partial charge in [0.2, 0.25) is 0 Å². The minimum absolute atomic E-state index is 0.355. The first-order chi connectivity index (χ1) is 13.3. The Balaban J connectivity index is 1.33. The number of pyridine rings is 1. The molecule has 1 fully saturated rings. The van der Waals surface area contributed by atoms with Gasteiger partial charge in [-0.15, -0.1) is 0 Å². The summed E-state index contributed by atoms with van der Waals surface area (Å²) in [6.07, 6.45) is 2.26. The van der Waals surface area contributed by atoms with Crippen molar-refractivity contribution in [2.45, 2.75) is 18.9 Å². The molecule has 0 spiro atoms. The van der Waals surface area contributed by atoms with E-state index in [2.05, 4.69) is 70.3 Å². The van der Waals surface area contributed by atoms with E-state index in [9.17, 15) is 0 Å². The number of benzene rings is 2. The molecule has 1 atom stereocenters. The molecule has 0 unspecified atom stereocenters. The van der Waals surface area contributed by atoms with Gasteiger partial charge in [-0.1, -0.05) is 24.3 Å². The lowest BCUT2D eigenvalue weighted by Crippen LogP contribution is -2.40. The van der Waals surface area contributed by atoms with Gasteiger partial charge in [0.15, 0.2) is 0 Å². The average molecular weight is 360 g/mol. The van der Waals surface area contributed by atoms with Gasteiger partial charge in [-0.25, -0.2) is 9.99 Å². The van der Waals surface area contributed by atoms with Crippen molar-refractivity contribution in [3.05, 3.63) is 65.7 Å². The van der Waals surface area contributed by atoms with Gasteiger partial charge in [0.05, 0.1) is 24.8 Å². The van der Waals surface area contributed by atoms with Gasteiger partial charge in [-0.2, -0.15) is 0 Å². The molecule has 0 amide bonds. The number of nitrogens with one attached hydrogen (secondary N) is 2. The molecule has 5 rings (SSSR count). The highest BCUT2D eigenvalue weighted by Crippen LogP contribution is 2.33. The van der Waals surface area contributed by atoms with Gasteiger partial charge in [-0.05, 0) is 54.3 Å². The van der Waals surface area contributed by atoms with Crippen molar-refractivity contribution in [1.82, 2.24) is 9.99 Å². The largest absolute Gasteiger partial charge is 0.379 e. The molecule has 2 aliphatic rings. The summed E-state index contributed by atoms with van der Waals surface area (Å²) in [5.41, 5.74) is 8.43. The van der Waals surface area contributed by atoms with Crippen molar-refractivity contribution in [1.29, 1.82) is 0 Å². The summed E-state index contributed by atoms with van der Waals surface area (Å²) < 4.78 is 5.40. The number of morpholine rings is 1. The molecule has 3 aromatic rings. The molecule has 0 radical (unpaired) electrons. The molecule has 0 saturated carbocycles. The number of fused-ring (bicyclic) bond motifs is 2. The van der Waals surface area contributed by atoms with E-state index in [1.54, 1.807) is 0 Å². The fraction of sp³-hybridized carbons (Fsp3) is 0.318. The van der Waals surface area contributed by atoms with Crippen LogP contribution in [0.1, 0.15) is 23.6 Å². The van der Waals surface area contributed by atoms with Crippen LogP contribution in [0.5, 0.6) is 0 Å². The number of aromatic nitrogens is 1. The van der Waals surface area contributed by atoms with Crippen molar-refractivity contribution < 1.29 is 4.74 Å². The minimum atomic E-state index is 0.355. The zero-order valence-electron chi connectivity index (χ0n) is 15.3. The molecule has 0 bridgehead atoms. The van der Waals surface area contributed by atoms with Crippen LogP contribution in [0.4, 0.5) is 11.5 Å². The molecular weight excluding hydrogens is 336 g/mol. The average Bonchev–Trinajstić information content (AvgIpc) is 3.12. The highest BCUT2D eigenvalue weighted by atomic mass is 16.5. The van der Waals surface area contributed by atoms with Crippen LogP contribution in [-0.2, 0) is 11.2 Å². The molecule has 2 heterocycles. The smallest absolute Gasteiger partial charge is 0.127 e. The lowest BCUT2D eigenvalue weighted by atomic mass is 10.1. The van der Waals surface area contributed by atoms with E-state index in [-0.39, 0.29) is 0 Å². The summed E-state index contributed by atoms with van der Waals surface area (Å²) in [6, 6.07) is 19.6. The Kier molecular flexibility index (Phi) is 4.40. The lowest BCUT2D eigenvalue weighted by Gasteiger charge is -2.28. The molecule has 2 N–H and O–H groups in total. The highest BCUT2D eigenvalue weighted by Gasteiger charge is 2.21. The molecule has 138 valence electrons. The van der Waals surface area contributed by atoms with Crippen LogP contribution in [-0.4, -0.2) is 36.3 Å². The van der Waals surface area contributed by atoms with Crippen LogP contribution in [0, 0.1) is 0 Å². The van der Waals surface area contributed by atoms with E-state index in [0.717, 1.165) is 61.6 Å². The molecular formula is C22H24N4O. The maximum Gasteiger partial charge on any atom is 0.127 e. The molecule has 1 aromatic heterocycles. The Hall–Kier alpha value is -2.63. The number of nitrogens with zero attached hydrogens (tertiary/aromatic N) is 2. The van der Waals surface area contributed by atoms with Crippen molar-refractivity contribution in [2.75, 3.05) is 37.0 Å². The summed E-state index contributed by atoms with van der Waals surface area (Å²) in [7, 11) is 0. The third kappa shape index (κ3) is 3.48. The van der Waals surface area contributed by atoms with E-state index in [1.165, 1.54) is 11.1 Å². The summed E-state index contributed by atoms with van der Waals surface area (Å²) in [5.74, 6) is 0.943. The molecule has 1 aliphatic heterocycles. The first kappa shape index (κ1) is 16.5. The van der Waals surface area contributed by atoms with Crippen molar-refractivity contribution in [3.63, 3.8) is 0 Å². The second-order valence-electron chi connectivity index (χ2n) is 7.25. The SMILES string of the molecule is c1ccc2c(c1)CC[C@H]2Nc1ccc2cc(NN3CCOCC3)ccc2n1. The van der Waals surface area contributed by atoms with E-state index in [1.807, 2.05) is 0 Å². The number of anilines is 2. The van der Waals surface area contributed by atoms with Crippen LogP contribution in [0.3, 0.4) is 0 Å². The Labute approximate surface area is 159 Å². The summed E-state index contributed by atoms with van der Waals surface area (Å²) >= 11 is 0. The van der Waals surface area contributed by atoms with E-state index in [4.69, 9.17) is 9.72 Å². The number of ether oxygens (including phenoxy) is 1. The third-order valence-electron chi connectivity index (χ3n) is 5.44. The summed E-state index contributed by atoms with van der Waals surface area (Å²) in [6.45, 7) is 3.37. The second kappa shape index (κ2) is 7.18. The Morgan fingerprint density at radius 3 is 2.81 bits per heavy atom. The zero-order valence-corrected chi connectivity index (χ0v) is 15.3. The molecule has 1 saturated heterocycles. The van der Waals surface area contributed by atoms with E-state index in [0.29, 0.717) is 6.04 Å². The monoisotopic (exact) mass is 360 g/mol. The first-order valence-corrected chi connectivity index (χ1v) is 9.70. The highest BCUT2D eigenvalue weighted by molar-refractivity contribution is 5.83. The molecule has 27 heavy (non-hydrogen) atoms. The Morgan fingerprint density at radius 1 is 1.00 bits per heavy atom. The fourth-order valence-corrected chi connectivity index (χ4v) is 4.02. The number of hydrazine groups is 1. The number of aryl methyl sites for hydroxylation is 1. The van der Waals surface area contributed by atoms with Gasteiger partial charge < -0.3 is 15.5 Å². The van der Waals surface area contributed by atoms with Crippen molar-refractivity contribution in [2.24, 2.45) is 0 Å². The topological polar surface area (TPSA) is 49.4 Å². The van der Waals surface area contributed by atoms with Crippen molar-refractivity contribution in [3.8, 4) is 0 Å². The van der Waals surface area contributed by atoms with Gasteiger partial charge in [0, 0.05) is 24.2 Å². The second-order valence-corrected chi connectivity index (χ2v) is 7.25. The van der Waals surface area contributed by atoms with Gasteiger partial charge in [0.25, 0.3) is 0 Å². The maximum atomic E-state index is 5.40. The first-order valence-electron chi connectivity index (χ1n) is 9.70. The number of hydrogen-bond donors (Lipinski definition) is 2. The molecule has 1 aliphatic carbocycles. The standard InChI is InChI=1S/C22H24N4O/c1-2-4-19-16(3-1)5-8-21(19)24-22-10-6-17-15-18(7-9-20(17)23-22)25-26-11-13-27-14-12-26/h1-4,6-7,9-10,15,21,25H,5,8,11-14H2,(H,23,24)/t21-/m1/s1. The van der Waals surface area contributed by atoms with E-state index < -0.39 is 0 Å². The predicted molar refractivity (Wildman–Crippen MR) is 109 cm³/mol. The molecule has 2 aromatic carbocycles. The Bertz CT molecular complexity index is 952. The van der Waals surface area contributed by atoms with Crippen LogP contribution >= 0.6 is 0 Å². The van der Waals surface area contributed by atoms with Gasteiger partial charge in [-0.3, -0.25) is 0 Å².